The summed E-state index contributed by atoms with van der Waals surface area (Å²) >= 11 is 0. The minimum absolute atomic E-state index is 0.883. The Balaban J connectivity index is 2.03. The largest absolute Gasteiger partial charge is 0.313 e. The average molecular weight is 139 g/mol. The predicted molar refractivity (Wildman–Crippen MR) is 42.9 cm³/mol. The number of hydrogen-bond donors (Lipinski definition) is 1. The van der Waals surface area contributed by atoms with E-state index in [1.165, 1.54) is 32.2 Å². The van der Waals surface area contributed by atoms with E-state index in [1.807, 2.05) is 0 Å². The van der Waals surface area contributed by atoms with Crippen LogP contribution in [0.15, 0.2) is 0 Å². The molecule has 0 amide bonds. The lowest BCUT2D eigenvalue weighted by molar-refractivity contribution is 0.245. The van der Waals surface area contributed by atoms with Crippen LogP contribution in [0.2, 0.25) is 0 Å². The van der Waals surface area contributed by atoms with E-state index in [0.717, 1.165) is 17.9 Å². The zero-order valence-corrected chi connectivity index (χ0v) is 6.77. The third kappa shape index (κ3) is 0.968. The molecule has 2 rings (SSSR count). The van der Waals surface area contributed by atoms with Gasteiger partial charge in [0.25, 0.3) is 0 Å². The van der Waals surface area contributed by atoms with Crippen LogP contribution < -0.4 is 5.32 Å². The Morgan fingerprint density at radius 3 is 2.90 bits per heavy atom. The maximum absolute atomic E-state index is 3.61. The van der Waals surface area contributed by atoms with Crippen molar-refractivity contribution in [2.24, 2.45) is 11.8 Å². The highest BCUT2D eigenvalue weighted by Crippen LogP contribution is 2.33. The maximum Gasteiger partial charge on any atom is 0.0121 e. The van der Waals surface area contributed by atoms with Gasteiger partial charge in [-0.05, 0) is 37.6 Å². The van der Waals surface area contributed by atoms with Gasteiger partial charge in [0.1, 0.15) is 0 Å². The fourth-order valence-corrected chi connectivity index (χ4v) is 2.65. The van der Waals surface area contributed by atoms with Crippen molar-refractivity contribution in [3.8, 4) is 0 Å². The van der Waals surface area contributed by atoms with Crippen molar-refractivity contribution in [1.82, 2.24) is 5.32 Å². The van der Waals surface area contributed by atoms with Crippen molar-refractivity contribution >= 4 is 0 Å². The predicted octanol–water partition coefficient (Wildman–Crippen LogP) is 1.78. The standard InChI is InChI=1S/C9H17N/c1-7-3-2-4-8-5-6-10-9(7)8/h7-10H,2-6H2,1H3/t7-,8-,9+/m0/s1. The van der Waals surface area contributed by atoms with Crippen molar-refractivity contribution in [2.75, 3.05) is 6.54 Å². The molecule has 0 unspecified atom stereocenters. The molecule has 0 aromatic rings. The highest BCUT2D eigenvalue weighted by Gasteiger charge is 2.33. The lowest BCUT2D eigenvalue weighted by Gasteiger charge is -2.30. The van der Waals surface area contributed by atoms with Crippen LogP contribution in [-0.2, 0) is 0 Å². The molecule has 58 valence electrons. The van der Waals surface area contributed by atoms with Crippen LogP contribution in [0.25, 0.3) is 0 Å². The summed E-state index contributed by atoms with van der Waals surface area (Å²) < 4.78 is 0. The molecule has 1 N–H and O–H groups in total. The molecule has 1 heteroatoms. The summed E-state index contributed by atoms with van der Waals surface area (Å²) in [5.74, 6) is 1.98. The number of rotatable bonds is 0. The highest BCUT2D eigenvalue weighted by molar-refractivity contribution is 4.90. The van der Waals surface area contributed by atoms with Crippen LogP contribution in [0.1, 0.15) is 32.6 Å². The van der Waals surface area contributed by atoms with E-state index in [9.17, 15) is 0 Å². The first kappa shape index (κ1) is 6.66. The first-order chi connectivity index (χ1) is 4.88. The third-order valence-corrected chi connectivity index (χ3v) is 3.25. The smallest absolute Gasteiger partial charge is 0.0121 e. The Morgan fingerprint density at radius 1 is 1.20 bits per heavy atom. The lowest BCUT2D eigenvalue weighted by atomic mass is 9.79. The fourth-order valence-electron chi connectivity index (χ4n) is 2.65. The SMILES string of the molecule is C[C@H]1CCC[C@H]2CCN[C@@H]21. The van der Waals surface area contributed by atoms with Gasteiger partial charge in [0.15, 0.2) is 0 Å². The van der Waals surface area contributed by atoms with Crippen LogP contribution in [0.5, 0.6) is 0 Å². The third-order valence-electron chi connectivity index (χ3n) is 3.25. The van der Waals surface area contributed by atoms with Gasteiger partial charge in [0, 0.05) is 6.04 Å². The van der Waals surface area contributed by atoms with Gasteiger partial charge >= 0.3 is 0 Å². The van der Waals surface area contributed by atoms with Gasteiger partial charge < -0.3 is 5.32 Å². The summed E-state index contributed by atoms with van der Waals surface area (Å²) in [5.41, 5.74) is 0. The van der Waals surface area contributed by atoms with E-state index < -0.39 is 0 Å². The van der Waals surface area contributed by atoms with E-state index in [1.54, 1.807) is 0 Å². The van der Waals surface area contributed by atoms with Crippen molar-refractivity contribution in [1.29, 1.82) is 0 Å². The second kappa shape index (κ2) is 2.54. The minimum Gasteiger partial charge on any atom is -0.313 e. The Hall–Kier alpha value is -0.0400. The van der Waals surface area contributed by atoms with E-state index in [2.05, 4.69) is 12.2 Å². The second-order valence-electron chi connectivity index (χ2n) is 3.94. The van der Waals surface area contributed by atoms with Gasteiger partial charge in [0.2, 0.25) is 0 Å². The van der Waals surface area contributed by atoms with Gasteiger partial charge in [-0.1, -0.05) is 13.3 Å². The van der Waals surface area contributed by atoms with Crippen LogP contribution in [-0.4, -0.2) is 12.6 Å². The molecule has 2 aliphatic rings. The van der Waals surface area contributed by atoms with Crippen molar-refractivity contribution in [2.45, 2.75) is 38.6 Å². The first-order valence-electron chi connectivity index (χ1n) is 4.61. The molecule has 1 heterocycles. The summed E-state index contributed by atoms with van der Waals surface area (Å²) in [7, 11) is 0. The molecule has 3 atom stereocenters. The lowest BCUT2D eigenvalue weighted by Crippen LogP contribution is -2.36. The molecule has 1 saturated carbocycles. The molecule has 0 aromatic carbocycles. The van der Waals surface area contributed by atoms with Crippen molar-refractivity contribution in [3.63, 3.8) is 0 Å². The van der Waals surface area contributed by atoms with Gasteiger partial charge in [-0.2, -0.15) is 0 Å². The van der Waals surface area contributed by atoms with Crippen LogP contribution in [0.4, 0.5) is 0 Å². The summed E-state index contributed by atoms with van der Waals surface area (Å²) in [4.78, 5) is 0. The van der Waals surface area contributed by atoms with E-state index in [0.29, 0.717) is 0 Å². The number of nitrogens with one attached hydrogen (secondary N) is 1. The molecular formula is C9H17N. The summed E-state index contributed by atoms with van der Waals surface area (Å²) in [6.07, 6.45) is 5.86. The summed E-state index contributed by atoms with van der Waals surface area (Å²) in [6, 6.07) is 0.883. The van der Waals surface area contributed by atoms with Crippen molar-refractivity contribution in [3.05, 3.63) is 0 Å². The first-order valence-corrected chi connectivity index (χ1v) is 4.61. The maximum atomic E-state index is 3.61. The molecule has 0 spiro atoms. The van der Waals surface area contributed by atoms with Crippen LogP contribution in [0.3, 0.4) is 0 Å². The molecule has 0 bridgehead atoms. The Morgan fingerprint density at radius 2 is 2.10 bits per heavy atom. The normalized spacial score (nSPS) is 47.1. The summed E-state index contributed by atoms with van der Waals surface area (Å²) in [6.45, 7) is 3.68. The quantitative estimate of drug-likeness (QED) is 0.539. The molecule has 2 fully saturated rings. The van der Waals surface area contributed by atoms with Crippen molar-refractivity contribution < 1.29 is 0 Å². The molecule has 1 nitrogen and oxygen atoms in total. The van der Waals surface area contributed by atoms with E-state index >= 15 is 0 Å². The van der Waals surface area contributed by atoms with Gasteiger partial charge in [0.05, 0.1) is 0 Å². The zero-order chi connectivity index (χ0) is 6.97. The van der Waals surface area contributed by atoms with Gasteiger partial charge in [-0.3, -0.25) is 0 Å². The molecular weight excluding hydrogens is 122 g/mol. The Bertz CT molecular complexity index is 122. The average Bonchev–Trinajstić information content (AvgIpc) is 2.36. The van der Waals surface area contributed by atoms with E-state index in [4.69, 9.17) is 0 Å². The van der Waals surface area contributed by atoms with Crippen LogP contribution in [0, 0.1) is 11.8 Å². The van der Waals surface area contributed by atoms with Gasteiger partial charge in [-0.25, -0.2) is 0 Å². The Kier molecular flexibility index (Phi) is 1.69. The molecule has 1 aliphatic heterocycles. The molecule has 0 aromatic heterocycles. The second-order valence-corrected chi connectivity index (χ2v) is 3.94. The topological polar surface area (TPSA) is 12.0 Å². The molecule has 0 radical (unpaired) electrons. The highest BCUT2D eigenvalue weighted by atomic mass is 15.0. The fraction of sp³-hybridized carbons (Fsp3) is 1.00. The Labute approximate surface area is 63.2 Å². The monoisotopic (exact) mass is 139 g/mol. The minimum atomic E-state index is 0.883. The number of hydrogen-bond acceptors (Lipinski definition) is 1. The molecule has 1 saturated heterocycles. The molecule has 10 heavy (non-hydrogen) atoms. The molecule has 1 aliphatic carbocycles. The van der Waals surface area contributed by atoms with E-state index in [-0.39, 0.29) is 0 Å². The summed E-state index contributed by atoms with van der Waals surface area (Å²) in [5, 5.41) is 3.61. The number of fused-ring (bicyclic) bond motifs is 1. The zero-order valence-electron chi connectivity index (χ0n) is 6.77. The van der Waals surface area contributed by atoms with Crippen LogP contribution >= 0.6 is 0 Å². The van der Waals surface area contributed by atoms with Gasteiger partial charge in [-0.15, -0.1) is 0 Å².